The molecule has 4 heteroatoms. The van der Waals surface area contributed by atoms with Crippen molar-refractivity contribution in [2.75, 3.05) is 13.1 Å². The molecule has 1 saturated carbocycles. The van der Waals surface area contributed by atoms with Gasteiger partial charge in [-0.1, -0.05) is 0 Å². The van der Waals surface area contributed by atoms with Gasteiger partial charge in [-0.15, -0.1) is 0 Å². The molecule has 0 aromatic carbocycles. The van der Waals surface area contributed by atoms with Crippen LogP contribution in [0.15, 0.2) is 11.8 Å². The highest BCUT2D eigenvalue weighted by Crippen LogP contribution is 2.51. The van der Waals surface area contributed by atoms with Crippen LogP contribution in [0.25, 0.3) is 0 Å². The van der Waals surface area contributed by atoms with E-state index in [4.69, 9.17) is 9.84 Å². The molecule has 0 aromatic rings. The number of carbonyl (C=O) groups excluding carboxylic acids is 1. The quantitative estimate of drug-likeness (QED) is 0.644. The lowest BCUT2D eigenvalue weighted by Gasteiger charge is -2.56. The third kappa shape index (κ3) is 2.01. The summed E-state index contributed by atoms with van der Waals surface area (Å²) in [7, 11) is 0. The van der Waals surface area contributed by atoms with Gasteiger partial charge in [-0.05, 0) is 39.2 Å². The number of hydrogen-bond acceptors (Lipinski definition) is 3. The van der Waals surface area contributed by atoms with Gasteiger partial charge >= 0.3 is 6.09 Å². The van der Waals surface area contributed by atoms with Crippen LogP contribution in [-0.2, 0) is 4.74 Å². The smallest absolute Gasteiger partial charge is 0.410 e. The fraction of sp³-hybridized carbons (Fsp3) is 0.750. The van der Waals surface area contributed by atoms with Gasteiger partial charge < -0.3 is 14.7 Å². The van der Waals surface area contributed by atoms with E-state index < -0.39 is 5.60 Å². The number of carbonyl (C=O) groups is 1. The van der Waals surface area contributed by atoms with E-state index >= 15 is 0 Å². The van der Waals surface area contributed by atoms with Crippen molar-refractivity contribution >= 4 is 6.09 Å². The van der Waals surface area contributed by atoms with Crippen LogP contribution in [0.3, 0.4) is 0 Å². The van der Waals surface area contributed by atoms with Crippen LogP contribution in [0.1, 0.15) is 33.6 Å². The Kier molecular flexibility index (Phi) is 2.40. The Morgan fingerprint density at radius 2 is 2.00 bits per heavy atom. The Balaban J connectivity index is 1.79. The molecule has 16 heavy (non-hydrogen) atoms. The minimum atomic E-state index is -0.421. The van der Waals surface area contributed by atoms with Crippen LogP contribution in [0.4, 0.5) is 4.79 Å². The van der Waals surface area contributed by atoms with E-state index in [0.717, 1.165) is 31.5 Å². The van der Waals surface area contributed by atoms with Gasteiger partial charge in [0, 0.05) is 18.5 Å². The zero-order valence-electron chi connectivity index (χ0n) is 10.1. The molecule has 0 atom stereocenters. The molecule has 90 valence electrons. The maximum Gasteiger partial charge on any atom is 0.410 e. The Morgan fingerprint density at radius 3 is 2.44 bits per heavy atom. The van der Waals surface area contributed by atoms with Crippen molar-refractivity contribution in [3.05, 3.63) is 11.8 Å². The molecule has 1 aliphatic heterocycles. The molecule has 0 radical (unpaired) electrons. The standard InChI is InChI=1S/C12H19NO3/c1-11(2,3)16-10(15)13-7-12(8-13)4-9(5-12)6-14/h6,14H,4-5,7-8H2,1-3H3. The maximum absolute atomic E-state index is 11.7. The molecule has 1 heterocycles. The normalized spacial score (nSPS) is 22.4. The minimum Gasteiger partial charge on any atom is -0.516 e. The van der Waals surface area contributed by atoms with Gasteiger partial charge in [-0.2, -0.15) is 0 Å². The lowest BCUT2D eigenvalue weighted by molar-refractivity contribution is -0.0510. The third-order valence-corrected chi connectivity index (χ3v) is 3.09. The number of nitrogens with zero attached hydrogens (tertiary/aromatic N) is 1. The van der Waals surface area contributed by atoms with Crippen LogP contribution in [-0.4, -0.2) is 34.8 Å². The highest BCUT2D eigenvalue weighted by Gasteiger charge is 2.52. The molecule has 1 N–H and O–H groups in total. The Morgan fingerprint density at radius 1 is 1.44 bits per heavy atom. The van der Waals surface area contributed by atoms with Gasteiger partial charge in [0.2, 0.25) is 0 Å². The Labute approximate surface area is 95.9 Å². The average Bonchev–Trinajstić information content (AvgIpc) is 1.95. The molecule has 0 unspecified atom stereocenters. The first-order valence-electron chi connectivity index (χ1n) is 5.64. The molecule has 0 bridgehead atoms. The zero-order valence-corrected chi connectivity index (χ0v) is 10.1. The van der Waals surface area contributed by atoms with Crippen LogP contribution < -0.4 is 0 Å². The predicted molar refractivity (Wildman–Crippen MR) is 60.2 cm³/mol. The number of aliphatic hydroxyl groups is 1. The van der Waals surface area contributed by atoms with E-state index in [-0.39, 0.29) is 11.5 Å². The van der Waals surface area contributed by atoms with E-state index in [1.165, 1.54) is 6.26 Å². The number of rotatable bonds is 0. The summed E-state index contributed by atoms with van der Waals surface area (Å²) in [5, 5.41) is 8.80. The van der Waals surface area contributed by atoms with E-state index in [2.05, 4.69) is 0 Å². The van der Waals surface area contributed by atoms with Gasteiger partial charge in [0.15, 0.2) is 0 Å². The van der Waals surface area contributed by atoms with E-state index in [1.807, 2.05) is 20.8 Å². The van der Waals surface area contributed by atoms with Gasteiger partial charge in [-0.3, -0.25) is 0 Å². The molecule has 1 aliphatic carbocycles. The molecule has 1 spiro atoms. The summed E-state index contributed by atoms with van der Waals surface area (Å²) in [5.41, 5.74) is 0.907. The van der Waals surface area contributed by atoms with Crippen LogP contribution >= 0.6 is 0 Å². The van der Waals surface area contributed by atoms with Crippen molar-refractivity contribution in [2.24, 2.45) is 5.41 Å². The summed E-state index contributed by atoms with van der Waals surface area (Å²) >= 11 is 0. The van der Waals surface area contributed by atoms with Crippen LogP contribution in [0.5, 0.6) is 0 Å². The van der Waals surface area contributed by atoms with E-state index in [9.17, 15) is 4.79 Å². The lowest BCUT2D eigenvalue weighted by atomic mass is 9.61. The first kappa shape index (κ1) is 11.3. The summed E-state index contributed by atoms with van der Waals surface area (Å²) in [6, 6.07) is 0. The number of allylic oxidation sites excluding steroid dienone is 1. The third-order valence-electron chi connectivity index (χ3n) is 3.09. The summed E-state index contributed by atoms with van der Waals surface area (Å²) in [6.45, 7) is 7.14. The summed E-state index contributed by atoms with van der Waals surface area (Å²) in [6.07, 6.45) is 2.81. The SMILES string of the molecule is CC(C)(C)OC(=O)N1CC2(CC(=CO)C2)C1. The summed E-state index contributed by atoms with van der Waals surface area (Å²) in [4.78, 5) is 13.4. The minimum absolute atomic E-state index is 0.223. The maximum atomic E-state index is 11.7. The first-order chi connectivity index (χ1) is 7.34. The molecule has 1 saturated heterocycles. The first-order valence-corrected chi connectivity index (χ1v) is 5.64. The van der Waals surface area contributed by atoms with Crippen molar-refractivity contribution < 1.29 is 14.6 Å². The van der Waals surface area contributed by atoms with Crippen molar-refractivity contribution in [2.45, 2.75) is 39.2 Å². The van der Waals surface area contributed by atoms with Crippen molar-refractivity contribution in [1.82, 2.24) is 4.90 Å². The fourth-order valence-electron chi connectivity index (χ4n) is 2.45. The summed E-state index contributed by atoms with van der Waals surface area (Å²) in [5.74, 6) is 0. The molecular weight excluding hydrogens is 206 g/mol. The van der Waals surface area contributed by atoms with Crippen LogP contribution in [0, 0.1) is 5.41 Å². The van der Waals surface area contributed by atoms with E-state index in [1.54, 1.807) is 4.90 Å². The highest BCUT2D eigenvalue weighted by atomic mass is 16.6. The van der Waals surface area contributed by atoms with E-state index in [0.29, 0.717) is 0 Å². The molecule has 2 rings (SSSR count). The lowest BCUT2D eigenvalue weighted by Crippen LogP contribution is -2.62. The average molecular weight is 225 g/mol. The monoisotopic (exact) mass is 225 g/mol. The molecule has 2 aliphatic rings. The largest absolute Gasteiger partial charge is 0.516 e. The molecule has 0 aromatic heterocycles. The fourth-order valence-corrected chi connectivity index (χ4v) is 2.45. The van der Waals surface area contributed by atoms with Gasteiger partial charge in [-0.25, -0.2) is 4.79 Å². The molecule has 1 amide bonds. The van der Waals surface area contributed by atoms with Crippen LogP contribution in [0.2, 0.25) is 0 Å². The highest BCUT2D eigenvalue weighted by molar-refractivity contribution is 5.69. The zero-order chi connectivity index (χ0) is 12.0. The Hall–Kier alpha value is -1.19. The predicted octanol–water partition coefficient (Wildman–Crippen LogP) is 2.46. The number of hydrogen-bond donors (Lipinski definition) is 1. The Bertz CT molecular complexity index is 325. The van der Waals surface area contributed by atoms with Crippen molar-refractivity contribution in [3.63, 3.8) is 0 Å². The number of aliphatic hydroxyl groups excluding tert-OH is 1. The van der Waals surface area contributed by atoms with Gasteiger partial charge in [0.05, 0.1) is 6.26 Å². The second-order valence-corrected chi connectivity index (χ2v) is 5.98. The molecule has 4 nitrogen and oxygen atoms in total. The second kappa shape index (κ2) is 3.40. The van der Waals surface area contributed by atoms with Crippen molar-refractivity contribution in [3.8, 4) is 0 Å². The number of ether oxygens (including phenoxy) is 1. The number of likely N-dealkylation sites (tertiary alicyclic amines) is 1. The molecule has 2 fully saturated rings. The van der Waals surface area contributed by atoms with Gasteiger partial charge in [0.1, 0.15) is 5.60 Å². The molecular formula is C12H19NO3. The topological polar surface area (TPSA) is 49.8 Å². The second-order valence-electron chi connectivity index (χ2n) is 5.98. The summed E-state index contributed by atoms with van der Waals surface area (Å²) < 4.78 is 5.28. The van der Waals surface area contributed by atoms with Gasteiger partial charge in [0.25, 0.3) is 0 Å². The van der Waals surface area contributed by atoms with Crippen molar-refractivity contribution in [1.29, 1.82) is 0 Å². The number of amides is 1.